The van der Waals surface area contributed by atoms with E-state index in [0.717, 1.165) is 11.3 Å². The molecule has 4 nitrogen and oxygen atoms in total. The van der Waals surface area contributed by atoms with Gasteiger partial charge in [0.25, 0.3) is 0 Å². The van der Waals surface area contributed by atoms with E-state index in [1.807, 2.05) is 48.7 Å². The summed E-state index contributed by atoms with van der Waals surface area (Å²) in [5, 5.41) is 3.04. The summed E-state index contributed by atoms with van der Waals surface area (Å²) in [7, 11) is -1.85. The molecule has 22 heavy (non-hydrogen) atoms. The van der Waals surface area contributed by atoms with Crippen LogP contribution in [-0.4, -0.2) is 19.9 Å². The molecule has 2 aromatic heterocycles. The molecule has 0 spiro atoms. The predicted octanol–water partition coefficient (Wildman–Crippen LogP) is 3.43. The summed E-state index contributed by atoms with van der Waals surface area (Å²) in [6.45, 7) is 3.80. The van der Waals surface area contributed by atoms with Crippen LogP contribution in [0.3, 0.4) is 0 Å². The lowest BCUT2D eigenvalue weighted by Crippen LogP contribution is -2.05. The first kappa shape index (κ1) is 14.7. The Morgan fingerprint density at radius 3 is 2.50 bits per heavy atom. The molecule has 0 amide bonds. The van der Waals surface area contributed by atoms with Crippen molar-refractivity contribution < 1.29 is 8.42 Å². The Balaban J connectivity index is 2.39. The molecular weight excluding hydrogens is 296 g/mol. The Labute approximate surface area is 130 Å². The summed E-state index contributed by atoms with van der Waals surface area (Å²) in [6.07, 6.45) is 1.88. The first-order valence-corrected chi connectivity index (χ1v) is 8.54. The van der Waals surface area contributed by atoms with Crippen LogP contribution in [0.2, 0.25) is 0 Å². The van der Waals surface area contributed by atoms with Crippen LogP contribution in [0.5, 0.6) is 0 Å². The highest BCUT2D eigenvalue weighted by Crippen LogP contribution is 2.36. The lowest BCUT2D eigenvalue weighted by molar-refractivity contribution is 0.597. The van der Waals surface area contributed by atoms with Gasteiger partial charge in [-0.15, -0.1) is 0 Å². The highest BCUT2D eigenvalue weighted by molar-refractivity contribution is 7.92. The number of benzene rings is 1. The molecule has 0 saturated heterocycles. The lowest BCUT2D eigenvalue weighted by Gasteiger charge is -2.08. The monoisotopic (exact) mass is 314 g/mol. The number of nitrogens with one attached hydrogen (secondary N) is 1. The number of fused-ring (bicyclic) bond motifs is 1. The van der Waals surface area contributed by atoms with Crippen molar-refractivity contribution in [3.63, 3.8) is 0 Å². The van der Waals surface area contributed by atoms with E-state index in [0.29, 0.717) is 21.0 Å². The topological polar surface area (TPSA) is 50.6 Å². The van der Waals surface area contributed by atoms with E-state index in [9.17, 15) is 8.42 Å². The molecule has 0 aliphatic carbocycles. The van der Waals surface area contributed by atoms with Gasteiger partial charge in [-0.05, 0) is 43.7 Å². The number of rotatable bonds is 3. The number of pyridine rings is 1. The number of hydrogen-bond acceptors (Lipinski definition) is 3. The largest absolute Gasteiger partial charge is 0.386 e. The summed E-state index contributed by atoms with van der Waals surface area (Å²) in [4.78, 5) is 0.652. The Bertz CT molecular complexity index is 956. The van der Waals surface area contributed by atoms with E-state index in [2.05, 4.69) is 5.32 Å². The van der Waals surface area contributed by atoms with Crippen LogP contribution in [0, 0.1) is 13.8 Å². The molecule has 114 valence electrons. The fourth-order valence-electron chi connectivity index (χ4n) is 2.80. The second kappa shape index (κ2) is 5.18. The Hall–Kier alpha value is -2.27. The van der Waals surface area contributed by atoms with Gasteiger partial charge in [0.05, 0.1) is 16.1 Å². The Morgan fingerprint density at radius 1 is 1.05 bits per heavy atom. The van der Waals surface area contributed by atoms with Crippen molar-refractivity contribution in [1.82, 2.24) is 4.40 Å². The molecule has 0 bridgehead atoms. The zero-order valence-electron chi connectivity index (χ0n) is 12.8. The van der Waals surface area contributed by atoms with Crippen molar-refractivity contribution >= 4 is 21.0 Å². The molecule has 1 N–H and O–H groups in total. The second-order valence-corrected chi connectivity index (χ2v) is 7.20. The van der Waals surface area contributed by atoms with E-state index in [1.54, 1.807) is 25.2 Å². The third kappa shape index (κ3) is 2.09. The van der Waals surface area contributed by atoms with Crippen molar-refractivity contribution in [2.75, 3.05) is 12.4 Å². The van der Waals surface area contributed by atoms with Crippen molar-refractivity contribution in [2.24, 2.45) is 0 Å². The van der Waals surface area contributed by atoms with Gasteiger partial charge in [-0.2, -0.15) is 0 Å². The Kier molecular flexibility index (Phi) is 3.45. The summed E-state index contributed by atoms with van der Waals surface area (Å²) in [5.74, 6) is 0. The van der Waals surface area contributed by atoms with Gasteiger partial charge < -0.3 is 9.72 Å². The zero-order valence-corrected chi connectivity index (χ0v) is 13.6. The van der Waals surface area contributed by atoms with Crippen molar-refractivity contribution in [1.29, 1.82) is 0 Å². The number of anilines is 1. The molecular formula is C17H18N2O2S. The van der Waals surface area contributed by atoms with Gasteiger partial charge in [-0.1, -0.05) is 18.2 Å². The summed E-state index contributed by atoms with van der Waals surface area (Å²) in [6, 6.07) is 12.6. The molecule has 0 radical (unpaired) electrons. The standard InChI is InChI=1S/C17H18N2O2S/c1-12-7-6-8-14(11-12)22(20,21)17-15-9-4-5-10-19(15)13(2)16(17)18-3/h4-11,18H,1-3H3. The van der Waals surface area contributed by atoms with Gasteiger partial charge in [0, 0.05) is 18.9 Å². The molecule has 0 atom stereocenters. The van der Waals surface area contributed by atoms with Gasteiger partial charge in [0.15, 0.2) is 0 Å². The molecule has 3 rings (SSSR count). The Morgan fingerprint density at radius 2 is 1.82 bits per heavy atom. The first-order valence-electron chi connectivity index (χ1n) is 7.06. The molecule has 0 unspecified atom stereocenters. The minimum atomic E-state index is -3.59. The number of aryl methyl sites for hydroxylation is 2. The molecule has 0 saturated carbocycles. The van der Waals surface area contributed by atoms with Crippen LogP contribution in [0.4, 0.5) is 5.69 Å². The maximum absolute atomic E-state index is 13.1. The molecule has 2 heterocycles. The SMILES string of the molecule is CNc1c(S(=O)(=O)c2cccc(C)c2)c2ccccn2c1C. The van der Waals surface area contributed by atoms with Crippen LogP contribution < -0.4 is 5.32 Å². The van der Waals surface area contributed by atoms with Crippen molar-refractivity contribution in [3.05, 3.63) is 59.9 Å². The smallest absolute Gasteiger partial charge is 0.210 e. The van der Waals surface area contributed by atoms with E-state index in [-0.39, 0.29) is 0 Å². The van der Waals surface area contributed by atoms with Crippen LogP contribution >= 0.6 is 0 Å². The van der Waals surface area contributed by atoms with Gasteiger partial charge >= 0.3 is 0 Å². The van der Waals surface area contributed by atoms with Crippen LogP contribution in [0.25, 0.3) is 5.52 Å². The number of nitrogens with zero attached hydrogens (tertiary/aromatic N) is 1. The van der Waals surface area contributed by atoms with Gasteiger partial charge in [0.1, 0.15) is 4.90 Å². The summed E-state index contributed by atoms with van der Waals surface area (Å²) in [5.41, 5.74) is 3.13. The third-order valence-corrected chi connectivity index (χ3v) is 5.69. The van der Waals surface area contributed by atoms with Crippen LogP contribution in [0.15, 0.2) is 58.5 Å². The maximum atomic E-state index is 13.1. The average molecular weight is 314 g/mol. The zero-order chi connectivity index (χ0) is 15.9. The van der Waals surface area contributed by atoms with Crippen LogP contribution in [0.1, 0.15) is 11.3 Å². The minimum absolute atomic E-state index is 0.320. The summed E-state index contributed by atoms with van der Waals surface area (Å²) < 4.78 is 28.2. The molecule has 5 heteroatoms. The van der Waals surface area contributed by atoms with E-state index >= 15 is 0 Å². The number of sulfone groups is 1. The molecule has 1 aromatic carbocycles. The molecule has 3 aromatic rings. The summed E-state index contributed by atoms with van der Waals surface area (Å²) >= 11 is 0. The quantitative estimate of drug-likeness (QED) is 0.806. The van der Waals surface area contributed by atoms with Gasteiger partial charge in [-0.3, -0.25) is 0 Å². The molecule has 0 fully saturated rings. The van der Waals surface area contributed by atoms with E-state index < -0.39 is 9.84 Å². The highest BCUT2D eigenvalue weighted by Gasteiger charge is 2.27. The first-order chi connectivity index (χ1) is 10.5. The number of aromatic nitrogens is 1. The molecule has 0 aliphatic rings. The minimum Gasteiger partial charge on any atom is -0.386 e. The van der Waals surface area contributed by atoms with Crippen LogP contribution in [-0.2, 0) is 9.84 Å². The fraction of sp³-hybridized carbons (Fsp3) is 0.176. The average Bonchev–Trinajstić information content (AvgIpc) is 2.80. The second-order valence-electron chi connectivity index (χ2n) is 5.32. The maximum Gasteiger partial charge on any atom is 0.210 e. The third-order valence-electron chi connectivity index (χ3n) is 3.86. The van der Waals surface area contributed by atoms with E-state index in [1.165, 1.54) is 0 Å². The lowest BCUT2D eigenvalue weighted by atomic mass is 10.2. The van der Waals surface area contributed by atoms with Gasteiger partial charge in [0.2, 0.25) is 9.84 Å². The van der Waals surface area contributed by atoms with Crippen molar-refractivity contribution in [3.8, 4) is 0 Å². The van der Waals surface area contributed by atoms with E-state index in [4.69, 9.17) is 0 Å². The normalized spacial score (nSPS) is 11.8. The van der Waals surface area contributed by atoms with Crippen molar-refractivity contribution in [2.45, 2.75) is 23.6 Å². The molecule has 0 aliphatic heterocycles. The number of hydrogen-bond donors (Lipinski definition) is 1. The highest BCUT2D eigenvalue weighted by atomic mass is 32.2. The van der Waals surface area contributed by atoms with Gasteiger partial charge in [-0.25, -0.2) is 8.42 Å². The fourth-order valence-corrected chi connectivity index (χ4v) is 4.59. The predicted molar refractivity (Wildman–Crippen MR) is 88.3 cm³/mol.